The van der Waals surface area contributed by atoms with Crippen LogP contribution in [0.5, 0.6) is 11.5 Å². The van der Waals surface area contributed by atoms with E-state index in [1.54, 1.807) is 0 Å². The quantitative estimate of drug-likeness (QED) is 0.142. The number of rotatable bonds is 8. The van der Waals surface area contributed by atoms with Gasteiger partial charge in [0.25, 0.3) is 0 Å². The second-order valence-electron chi connectivity index (χ2n) is 19.9. The van der Waals surface area contributed by atoms with E-state index in [1.807, 2.05) is 24.4 Å². The van der Waals surface area contributed by atoms with Gasteiger partial charge in [0.15, 0.2) is 0 Å². The molecule has 1 aliphatic heterocycles. The van der Waals surface area contributed by atoms with E-state index in [4.69, 9.17) is 9.72 Å². The van der Waals surface area contributed by atoms with E-state index in [2.05, 4.69) is 257 Å². The molecule has 342 valence electrons. The number of imidazole rings is 1. The molecule has 8 aromatic carbocycles. The molecule has 0 amide bonds. The third kappa shape index (κ3) is 8.40. The van der Waals surface area contributed by atoms with Gasteiger partial charge in [0, 0.05) is 6.20 Å². The summed E-state index contributed by atoms with van der Waals surface area (Å²) in [6, 6.07) is 74.4. The molecule has 2 aromatic heterocycles. The Bertz CT molecular complexity index is 3540. The summed E-state index contributed by atoms with van der Waals surface area (Å²) in [6.45, 7) is 14.2. The minimum atomic E-state index is -0.0774. The summed E-state index contributed by atoms with van der Waals surface area (Å²) < 4.78 is 12.5. The summed E-state index contributed by atoms with van der Waals surface area (Å²) in [5.74, 6) is 2.07. The number of benzene rings is 8. The van der Waals surface area contributed by atoms with Crippen molar-refractivity contribution in [2.75, 3.05) is 4.90 Å². The van der Waals surface area contributed by atoms with Crippen LogP contribution in [-0.2, 0) is 36.7 Å². The van der Waals surface area contributed by atoms with E-state index in [0.717, 1.165) is 54.4 Å². The van der Waals surface area contributed by atoms with E-state index in [9.17, 15) is 0 Å². The molecular formula is C63H52N4OPt-2. The van der Waals surface area contributed by atoms with Gasteiger partial charge in [0.2, 0.25) is 0 Å². The maximum atomic E-state index is 6.80. The van der Waals surface area contributed by atoms with Crippen molar-refractivity contribution in [2.24, 2.45) is 0 Å². The Balaban J connectivity index is 1.03. The fraction of sp³-hybridized carbons (Fsp3) is 0.143. The van der Waals surface area contributed by atoms with Crippen molar-refractivity contribution in [1.29, 1.82) is 0 Å². The number of nitrogens with zero attached hydrogens (tertiary/aromatic N) is 4. The first-order valence-electron chi connectivity index (χ1n) is 23.6. The second kappa shape index (κ2) is 17.6. The molecule has 0 atom stereocenters. The Hall–Kier alpha value is -7.33. The first kappa shape index (κ1) is 44.2. The fourth-order valence-corrected chi connectivity index (χ4v) is 10.6. The van der Waals surface area contributed by atoms with Crippen LogP contribution in [0.3, 0.4) is 0 Å². The first-order chi connectivity index (χ1) is 33.4. The Morgan fingerprint density at radius 3 is 1.71 bits per heavy atom. The molecule has 0 N–H and O–H groups in total. The van der Waals surface area contributed by atoms with Crippen molar-refractivity contribution in [3.63, 3.8) is 0 Å². The molecule has 69 heavy (non-hydrogen) atoms. The van der Waals surface area contributed by atoms with Crippen molar-refractivity contribution in [3.8, 4) is 67.4 Å². The molecule has 0 spiro atoms. The average molecular weight is 1080 g/mol. The van der Waals surface area contributed by atoms with Gasteiger partial charge in [-0.05, 0) is 34.2 Å². The van der Waals surface area contributed by atoms with Crippen molar-refractivity contribution in [1.82, 2.24) is 14.1 Å². The fourth-order valence-electron chi connectivity index (χ4n) is 9.51. The van der Waals surface area contributed by atoms with Gasteiger partial charge in [-0.3, -0.25) is 0 Å². The summed E-state index contributed by atoms with van der Waals surface area (Å²) in [7, 11) is 0. The van der Waals surface area contributed by atoms with Crippen LogP contribution in [0.15, 0.2) is 194 Å². The summed E-state index contributed by atoms with van der Waals surface area (Å²) in [5.41, 5.74) is 18.0. The standard InChI is InChI=1S/C63H52N4O.Pt/c1-62(2,3)48-33-34-64-60(38-48)65-41-47-35-46(43-19-10-7-11-20-43)29-31-53(47)54-32-30-52(40-59(54)65)68-51-26-18-25-50(39-51)66-42-67(58-28-17-16-27-57(58)66)61-55(44-21-12-8-13-22-44)36-49(63(4,5)6)37-56(61)45-23-14-9-15-24-45;/h7-38H,41H2,1-6H3;/q-2;. The molecule has 0 saturated heterocycles. The van der Waals surface area contributed by atoms with E-state index >= 15 is 0 Å². The number of anilines is 2. The zero-order valence-corrected chi connectivity index (χ0v) is 42.0. The van der Waals surface area contributed by atoms with Gasteiger partial charge in [-0.25, -0.2) is 0 Å². The van der Waals surface area contributed by atoms with Crippen LogP contribution < -0.4 is 9.64 Å². The van der Waals surface area contributed by atoms with Crippen LogP contribution in [0.1, 0.15) is 58.2 Å². The summed E-state index contributed by atoms with van der Waals surface area (Å²) in [6.07, 6.45) is 1.92. The molecule has 0 aliphatic carbocycles. The summed E-state index contributed by atoms with van der Waals surface area (Å²) in [4.78, 5) is 7.24. The van der Waals surface area contributed by atoms with Gasteiger partial charge in [0.1, 0.15) is 0 Å². The molecule has 0 bridgehead atoms. The van der Waals surface area contributed by atoms with Gasteiger partial charge in [-0.2, -0.15) is 0 Å². The van der Waals surface area contributed by atoms with E-state index in [0.29, 0.717) is 18.0 Å². The SMILES string of the molecule is CC(C)(C)c1ccnc(N2Cc3cc(-c4ccccc4)ccc3-c3ccc(Oc4[c-]c(-n5[c](=[Pt])n(-c6c(-c7ccccc7)cc(C(C)(C)C)cc6-c6ccccc6)c6ccccc65)ccc4)[c-]c32)c1. The molecule has 0 radical (unpaired) electrons. The monoisotopic (exact) mass is 1080 g/mol. The van der Waals surface area contributed by atoms with Crippen molar-refractivity contribution >= 4 is 22.5 Å². The number of pyridine rings is 1. The summed E-state index contributed by atoms with van der Waals surface area (Å²) >= 11 is 2.50. The second-order valence-corrected chi connectivity index (χ2v) is 20.9. The zero-order valence-electron chi connectivity index (χ0n) is 39.7. The zero-order chi connectivity index (χ0) is 47.4. The van der Waals surface area contributed by atoms with Crippen molar-refractivity contribution in [3.05, 3.63) is 227 Å². The number of para-hydroxylation sites is 2. The topological polar surface area (TPSA) is 35.2 Å². The first-order valence-corrected chi connectivity index (χ1v) is 24.7. The minimum absolute atomic E-state index is 0.0440. The molecular weight excluding hydrogens is 1020 g/mol. The molecule has 1 aliphatic rings. The molecule has 6 heteroatoms. The number of hydrogen-bond acceptors (Lipinski definition) is 3. The third-order valence-corrected chi connectivity index (χ3v) is 14.2. The number of fused-ring (bicyclic) bond motifs is 4. The molecule has 3 heterocycles. The normalized spacial score (nSPS) is 12.5. The van der Waals surface area contributed by atoms with Gasteiger partial charge < -0.3 is 0 Å². The van der Waals surface area contributed by atoms with Gasteiger partial charge in [-0.1, -0.05) is 57.2 Å². The maximum absolute atomic E-state index is 6.80. The van der Waals surface area contributed by atoms with Crippen LogP contribution in [0.25, 0.3) is 66.9 Å². The van der Waals surface area contributed by atoms with E-state index in [1.165, 1.54) is 44.5 Å². The number of hydrogen-bond donors (Lipinski definition) is 0. The van der Waals surface area contributed by atoms with Crippen LogP contribution in [0, 0.1) is 15.9 Å². The van der Waals surface area contributed by atoms with Crippen molar-refractivity contribution in [2.45, 2.75) is 58.9 Å². The Labute approximate surface area is 416 Å². The van der Waals surface area contributed by atoms with Crippen LogP contribution >= 0.6 is 0 Å². The number of aromatic nitrogens is 3. The van der Waals surface area contributed by atoms with Crippen molar-refractivity contribution < 1.29 is 24.1 Å². The molecule has 0 saturated carbocycles. The Kier molecular flexibility index (Phi) is 11.3. The third-order valence-electron chi connectivity index (χ3n) is 13.2. The average Bonchev–Trinajstić information content (AvgIpc) is 3.66. The molecule has 0 fully saturated rings. The summed E-state index contributed by atoms with van der Waals surface area (Å²) in [5, 5.41) is 0. The molecule has 11 rings (SSSR count). The van der Waals surface area contributed by atoms with E-state index < -0.39 is 0 Å². The number of ether oxygens (including phenoxy) is 1. The van der Waals surface area contributed by atoms with Gasteiger partial charge in [-0.15, -0.1) is 0 Å². The molecule has 0 unspecified atom stereocenters. The van der Waals surface area contributed by atoms with E-state index in [-0.39, 0.29) is 10.8 Å². The van der Waals surface area contributed by atoms with Crippen LogP contribution in [0.4, 0.5) is 11.5 Å². The van der Waals surface area contributed by atoms with Gasteiger partial charge >= 0.3 is 321 Å². The molecule has 5 nitrogen and oxygen atoms in total. The predicted octanol–water partition coefficient (Wildman–Crippen LogP) is 16.2. The molecule has 10 aromatic rings. The van der Waals surface area contributed by atoms with Gasteiger partial charge in [0.05, 0.1) is 0 Å². The van der Waals surface area contributed by atoms with Crippen LogP contribution in [-0.4, -0.2) is 14.1 Å². The Morgan fingerprint density at radius 1 is 0.493 bits per heavy atom. The predicted molar refractivity (Wildman–Crippen MR) is 279 cm³/mol. The van der Waals surface area contributed by atoms with Crippen LogP contribution in [0.2, 0.25) is 0 Å². The Morgan fingerprint density at radius 2 is 1.07 bits per heavy atom.